The minimum Gasteiger partial charge on any atom is -0.396 e. The summed E-state index contributed by atoms with van der Waals surface area (Å²) in [6, 6.07) is 10.9. The van der Waals surface area contributed by atoms with E-state index in [9.17, 15) is 29.2 Å². The number of hydrogen-bond acceptors (Lipinski definition) is 6. The van der Waals surface area contributed by atoms with Crippen LogP contribution in [0.4, 0.5) is 15.8 Å². The van der Waals surface area contributed by atoms with Gasteiger partial charge in [-0.3, -0.25) is 19.7 Å². The van der Waals surface area contributed by atoms with Crippen molar-refractivity contribution in [2.24, 2.45) is 5.92 Å². The van der Waals surface area contributed by atoms with Gasteiger partial charge in [0.15, 0.2) is 0 Å². The normalized spacial score (nSPS) is 19.4. The number of imide groups is 1. The van der Waals surface area contributed by atoms with Crippen LogP contribution in [0.25, 0.3) is 5.57 Å². The highest BCUT2D eigenvalue weighted by Gasteiger charge is 2.44. The number of carbonyl (C=O) groups is 2. The number of benzene rings is 2. The van der Waals surface area contributed by atoms with Crippen molar-refractivity contribution in [2.75, 3.05) is 24.6 Å². The molecule has 1 fully saturated rings. The second-order valence-corrected chi connectivity index (χ2v) is 7.56. The molecule has 2 amide bonds. The molecular formula is C22H20FN3O5. The number of amides is 2. The van der Waals surface area contributed by atoms with Gasteiger partial charge in [-0.15, -0.1) is 0 Å². The number of halogens is 1. The third-order valence-electron chi connectivity index (χ3n) is 5.61. The molecule has 8 nitrogen and oxygen atoms in total. The van der Waals surface area contributed by atoms with Gasteiger partial charge in [0.25, 0.3) is 17.5 Å². The fourth-order valence-corrected chi connectivity index (χ4v) is 4.09. The van der Waals surface area contributed by atoms with Crippen LogP contribution >= 0.6 is 0 Å². The smallest absolute Gasteiger partial charge is 0.282 e. The van der Waals surface area contributed by atoms with Crippen LogP contribution in [0.5, 0.6) is 0 Å². The number of nitro groups is 1. The summed E-state index contributed by atoms with van der Waals surface area (Å²) in [5, 5.41) is 20.6. The number of para-hydroxylation sites is 1. The summed E-state index contributed by atoms with van der Waals surface area (Å²) in [4.78, 5) is 39.8. The SMILES string of the molecule is O=C1C(c2ccc([N+](=O)[O-])cc2)=C(N2CCCC(CO)C2)C(=O)N1c1ccccc1F. The van der Waals surface area contributed by atoms with Crippen LogP contribution in [0.1, 0.15) is 18.4 Å². The van der Waals surface area contributed by atoms with Crippen LogP contribution in [-0.4, -0.2) is 46.4 Å². The second kappa shape index (κ2) is 8.27. The van der Waals surface area contributed by atoms with Gasteiger partial charge in [-0.05, 0) is 48.6 Å². The van der Waals surface area contributed by atoms with Gasteiger partial charge in [-0.2, -0.15) is 0 Å². The minimum atomic E-state index is -0.708. The summed E-state index contributed by atoms with van der Waals surface area (Å²) in [7, 11) is 0. The van der Waals surface area contributed by atoms with E-state index in [2.05, 4.69) is 0 Å². The first-order chi connectivity index (χ1) is 14.9. The van der Waals surface area contributed by atoms with Crippen molar-refractivity contribution >= 4 is 28.8 Å². The summed E-state index contributed by atoms with van der Waals surface area (Å²) in [6.45, 7) is 0.842. The second-order valence-electron chi connectivity index (χ2n) is 7.56. The van der Waals surface area contributed by atoms with E-state index in [1.807, 2.05) is 0 Å². The first kappa shape index (κ1) is 20.7. The first-order valence-electron chi connectivity index (χ1n) is 9.90. The first-order valence-corrected chi connectivity index (χ1v) is 9.90. The van der Waals surface area contributed by atoms with Gasteiger partial charge in [0.2, 0.25) is 0 Å². The summed E-state index contributed by atoms with van der Waals surface area (Å²) in [5.74, 6) is -2.10. The molecule has 0 spiro atoms. The van der Waals surface area contributed by atoms with E-state index >= 15 is 0 Å². The van der Waals surface area contributed by atoms with Crippen molar-refractivity contribution in [1.29, 1.82) is 0 Å². The third-order valence-corrected chi connectivity index (χ3v) is 5.61. The Labute approximate surface area is 177 Å². The molecule has 0 aliphatic carbocycles. The van der Waals surface area contributed by atoms with Gasteiger partial charge < -0.3 is 10.0 Å². The molecule has 1 N–H and O–H groups in total. The van der Waals surface area contributed by atoms with Gasteiger partial charge in [0.05, 0.1) is 16.2 Å². The molecule has 2 aliphatic rings. The fraction of sp³-hybridized carbons (Fsp3) is 0.273. The lowest BCUT2D eigenvalue weighted by atomic mass is 9.97. The highest BCUT2D eigenvalue weighted by atomic mass is 19.1. The zero-order chi connectivity index (χ0) is 22.1. The van der Waals surface area contributed by atoms with E-state index in [1.54, 1.807) is 4.90 Å². The number of aliphatic hydroxyl groups excluding tert-OH is 1. The molecule has 160 valence electrons. The van der Waals surface area contributed by atoms with Crippen LogP contribution in [0.3, 0.4) is 0 Å². The van der Waals surface area contributed by atoms with Crippen LogP contribution in [0, 0.1) is 21.8 Å². The Bertz CT molecular complexity index is 1080. The van der Waals surface area contributed by atoms with Gasteiger partial charge in [0, 0.05) is 31.8 Å². The minimum absolute atomic E-state index is 0.0458. The summed E-state index contributed by atoms with van der Waals surface area (Å²) >= 11 is 0. The number of piperidine rings is 1. The Morgan fingerprint density at radius 3 is 2.45 bits per heavy atom. The van der Waals surface area contributed by atoms with Gasteiger partial charge in [-0.1, -0.05) is 12.1 Å². The summed E-state index contributed by atoms with van der Waals surface area (Å²) in [6.07, 6.45) is 1.52. The number of nitro benzene ring substituents is 1. The molecule has 0 radical (unpaired) electrons. The van der Waals surface area contributed by atoms with Crippen LogP contribution in [0.2, 0.25) is 0 Å². The van der Waals surface area contributed by atoms with Gasteiger partial charge in [-0.25, -0.2) is 9.29 Å². The molecule has 4 rings (SSSR count). The average molecular weight is 425 g/mol. The van der Waals surface area contributed by atoms with E-state index in [-0.39, 0.29) is 35.2 Å². The number of aliphatic hydroxyl groups is 1. The van der Waals surface area contributed by atoms with Gasteiger partial charge in [0.1, 0.15) is 11.5 Å². The van der Waals surface area contributed by atoms with Gasteiger partial charge >= 0.3 is 0 Å². The van der Waals surface area contributed by atoms with E-state index < -0.39 is 22.6 Å². The molecule has 31 heavy (non-hydrogen) atoms. The molecule has 0 saturated carbocycles. The lowest BCUT2D eigenvalue weighted by Gasteiger charge is -2.34. The van der Waals surface area contributed by atoms with Crippen molar-refractivity contribution < 1.29 is 24.0 Å². The monoisotopic (exact) mass is 425 g/mol. The fourth-order valence-electron chi connectivity index (χ4n) is 4.09. The largest absolute Gasteiger partial charge is 0.396 e. The third kappa shape index (κ3) is 3.68. The Morgan fingerprint density at radius 1 is 1.10 bits per heavy atom. The van der Waals surface area contributed by atoms with Crippen molar-refractivity contribution in [3.8, 4) is 0 Å². The van der Waals surface area contributed by atoms with Crippen molar-refractivity contribution in [3.63, 3.8) is 0 Å². The van der Waals surface area contributed by atoms with E-state index in [0.717, 1.165) is 17.7 Å². The quantitative estimate of drug-likeness (QED) is 0.449. The Kier molecular flexibility index (Phi) is 5.51. The molecule has 1 unspecified atom stereocenters. The van der Waals surface area contributed by atoms with E-state index in [4.69, 9.17) is 0 Å². The summed E-state index contributed by atoms with van der Waals surface area (Å²) < 4.78 is 14.5. The molecule has 2 aromatic carbocycles. The van der Waals surface area contributed by atoms with E-state index in [0.29, 0.717) is 18.7 Å². The van der Waals surface area contributed by atoms with Crippen LogP contribution < -0.4 is 4.90 Å². The molecule has 0 aromatic heterocycles. The van der Waals surface area contributed by atoms with Crippen LogP contribution in [0.15, 0.2) is 54.2 Å². The standard InChI is InChI=1S/C22H20FN3O5/c23-17-5-1-2-6-18(17)25-21(28)19(15-7-9-16(10-8-15)26(30)31)20(22(25)29)24-11-3-4-14(12-24)13-27/h1-2,5-10,14,27H,3-4,11-13H2. The molecule has 2 heterocycles. The Morgan fingerprint density at radius 2 is 1.81 bits per heavy atom. The zero-order valence-electron chi connectivity index (χ0n) is 16.5. The number of nitrogens with zero attached hydrogens (tertiary/aromatic N) is 3. The Balaban J connectivity index is 1.83. The molecule has 1 saturated heterocycles. The maximum absolute atomic E-state index is 14.5. The predicted molar refractivity (Wildman–Crippen MR) is 110 cm³/mol. The van der Waals surface area contributed by atoms with Crippen molar-refractivity contribution in [2.45, 2.75) is 12.8 Å². The number of hydrogen-bond donors (Lipinski definition) is 1. The molecule has 2 aromatic rings. The van der Waals surface area contributed by atoms with Crippen molar-refractivity contribution in [1.82, 2.24) is 4.90 Å². The molecular weight excluding hydrogens is 405 g/mol. The topological polar surface area (TPSA) is 104 Å². The maximum atomic E-state index is 14.5. The molecule has 0 bridgehead atoms. The highest BCUT2D eigenvalue weighted by Crippen LogP contribution is 2.37. The van der Waals surface area contributed by atoms with E-state index in [1.165, 1.54) is 48.5 Å². The molecule has 1 atom stereocenters. The van der Waals surface area contributed by atoms with Crippen LogP contribution in [-0.2, 0) is 9.59 Å². The Hall–Kier alpha value is -3.59. The number of likely N-dealkylation sites (tertiary alicyclic amines) is 1. The highest BCUT2D eigenvalue weighted by molar-refractivity contribution is 6.45. The number of non-ortho nitro benzene ring substituents is 1. The predicted octanol–water partition coefficient (Wildman–Crippen LogP) is 2.72. The van der Waals surface area contributed by atoms with Crippen molar-refractivity contribution in [3.05, 3.63) is 75.7 Å². The maximum Gasteiger partial charge on any atom is 0.282 e. The molecule has 2 aliphatic heterocycles. The number of carbonyl (C=O) groups excluding carboxylic acids is 2. The average Bonchev–Trinajstić information content (AvgIpc) is 3.04. The summed E-state index contributed by atoms with van der Waals surface area (Å²) in [5.41, 5.74) is 0.237. The lowest BCUT2D eigenvalue weighted by Crippen LogP contribution is -2.40. The zero-order valence-corrected chi connectivity index (χ0v) is 16.5. The number of rotatable bonds is 5. The number of anilines is 1. The lowest BCUT2D eigenvalue weighted by molar-refractivity contribution is -0.384. The molecule has 9 heteroatoms.